The minimum Gasteiger partial charge on any atom is -0.313 e. The van der Waals surface area contributed by atoms with Crippen LogP contribution in [0.1, 0.15) is 52.9 Å². The zero-order valence-electron chi connectivity index (χ0n) is 13.3. The van der Waals surface area contributed by atoms with E-state index in [9.17, 15) is 0 Å². The molecule has 0 amide bonds. The highest BCUT2D eigenvalue weighted by atomic mass is 15.1. The largest absolute Gasteiger partial charge is 0.313 e. The number of hydrogen-bond donors (Lipinski definition) is 1. The van der Waals surface area contributed by atoms with Crippen molar-refractivity contribution in [3.05, 3.63) is 0 Å². The number of fused-ring (bicyclic) bond motifs is 2. The van der Waals surface area contributed by atoms with E-state index >= 15 is 0 Å². The maximum Gasteiger partial charge on any atom is 0.0129 e. The molecule has 1 saturated heterocycles. The first-order chi connectivity index (χ1) is 8.93. The van der Waals surface area contributed by atoms with Crippen molar-refractivity contribution in [1.82, 2.24) is 10.2 Å². The van der Waals surface area contributed by atoms with Gasteiger partial charge in [-0.2, -0.15) is 0 Å². The highest BCUT2D eigenvalue weighted by Gasteiger charge is 2.60. The van der Waals surface area contributed by atoms with Crippen molar-refractivity contribution >= 4 is 0 Å². The molecule has 0 spiro atoms. The summed E-state index contributed by atoms with van der Waals surface area (Å²) < 4.78 is 0. The summed E-state index contributed by atoms with van der Waals surface area (Å²) in [5, 5.41) is 3.97. The van der Waals surface area contributed by atoms with Crippen LogP contribution >= 0.6 is 0 Å². The Labute approximate surface area is 119 Å². The predicted molar refractivity (Wildman–Crippen MR) is 81.2 cm³/mol. The van der Waals surface area contributed by atoms with Crippen molar-refractivity contribution in [2.45, 2.75) is 58.9 Å². The average molecular weight is 264 g/mol. The number of hydrogen-bond acceptors (Lipinski definition) is 2. The van der Waals surface area contributed by atoms with Gasteiger partial charge in [0.1, 0.15) is 0 Å². The molecule has 0 aromatic rings. The van der Waals surface area contributed by atoms with Crippen molar-refractivity contribution < 1.29 is 0 Å². The van der Waals surface area contributed by atoms with E-state index in [1.54, 1.807) is 0 Å². The first-order valence-corrected chi connectivity index (χ1v) is 8.35. The van der Waals surface area contributed by atoms with E-state index in [2.05, 4.69) is 38.0 Å². The van der Waals surface area contributed by atoms with Crippen LogP contribution in [0.4, 0.5) is 0 Å². The normalized spacial score (nSPS) is 45.8. The zero-order chi connectivity index (χ0) is 13.7. The molecular weight excluding hydrogens is 232 g/mol. The van der Waals surface area contributed by atoms with Crippen LogP contribution in [-0.4, -0.2) is 37.6 Å². The Balaban J connectivity index is 1.57. The lowest BCUT2D eigenvalue weighted by molar-refractivity contribution is 0.114. The molecule has 2 bridgehead atoms. The molecule has 1 aliphatic heterocycles. The molecular formula is C17H32N2. The molecule has 0 aromatic heterocycles. The second-order valence-electron chi connectivity index (χ2n) is 8.34. The van der Waals surface area contributed by atoms with Gasteiger partial charge >= 0.3 is 0 Å². The first kappa shape index (κ1) is 13.9. The molecule has 0 radical (unpaired) electrons. The lowest BCUT2D eigenvalue weighted by atomic mass is 9.69. The first-order valence-electron chi connectivity index (χ1n) is 8.35. The van der Waals surface area contributed by atoms with Crippen LogP contribution < -0.4 is 5.32 Å². The molecule has 3 aliphatic rings. The summed E-state index contributed by atoms with van der Waals surface area (Å²) >= 11 is 0. The van der Waals surface area contributed by atoms with Crippen LogP contribution in [0.5, 0.6) is 0 Å². The van der Waals surface area contributed by atoms with Crippen LogP contribution in [-0.2, 0) is 0 Å². The third-order valence-corrected chi connectivity index (χ3v) is 7.17. The molecule has 1 heterocycles. The number of piperidine rings is 1. The molecule has 1 N–H and O–H groups in total. The van der Waals surface area contributed by atoms with E-state index < -0.39 is 0 Å². The summed E-state index contributed by atoms with van der Waals surface area (Å²) in [6.07, 6.45) is 7.14. The molecule has 2 nitrogen and oxygen atoms in total. The highest BCUT2D eigenvalue weighted by Crippen LogP contribution is 2.65. The van der Waals surface area contributed by atoms with Gasteiger partial charge < -0.3 is 10.2 Å². The van der Waals surface area contributed by atoms with Gasteiger partial charge in [0.2, 0.25) is 0 Å². The van der Waals surface area contributed by atoms with Gasteiger partial charge in [-0.15, -0.1) is 0 Å². The van der Waals surface area contributed by atoms with Gasteiger partial charge in [0.05, 0.1) is 0 Å². The Hall–Kier alpha value is -0.0800. The van der Waals surface area contributed by atoms with E-state index in [0.29, 0.717) is 10.8 Å². The molecule has 4 unspecified atom stereocenters. The van der Waals surface area contributed by atoms with Crippen LogP contribution in [0.15, 0.2) is 0 Å². The second kappa shape index (κ2) is 4.73. The predicted octanol–water partition coefficient (Wildman–Crippen LogP) is 3.13. The molecule has 3 rings (SSSR count). The van der Waals surface area contributed by atoms with Crippen molar-refractivity contribution in [1.29, 1.82) is 0 Å². The molecule has 19 heavy (non-hydrogen) atoms. The molecule has 2 aliphatic carbocycles. The average Bonchev–Trinajstić information content (AvgIpc) is 2.69. The summed E-state index contributed by atoms with van der Waals surface area (Å²) in [6, 6.07) is 0.772. The second-order valence-corrected chi connectivity index (χ2v) is 8.34. The number of likely N-dealkylation sites (tertiary alicyclic amines) is 1. The van der Waals surface area contributed by atoms with E-state index in [0.717, 1.165) is 17.9 Å². The Bertz CT molecular complexity index is 338. The fourth-order valence-electron chi connectivity index (χ4n) is 5.26. The third-order valence-electron chi connectivity index (χ3n) is 7.17. The van der Waals surface area contributed by atoms with E-state index in [1.807, 2.05) is 0 Å². The molecule has 2 saturated carbocycles. The van der Waals surface area contributed by atoms with Crippen LogP contribution in [0.3, 0.4) is 0 Å². The summed E-state index contributed by atoms with van der Waals surface area (Å²) in [5.74, 6) is 1.84. The number of nitrogens with one attached hydrogen (secondary N) is 1. The van der Waals surface area contributed by atoms with Crippen molar-refractivity contribution in [2.75, 3.05) is 26.7 Å². The number of nitrogens with zero attached hydrogens (tertiary/aromatic N) is 1. The Morgan fingerprint density at radius 2 is 2.00 bits per heavy atom. The summed E-state index contributed by atoms with van der Waals surface area (Å²) in [6.45, 7) is 11.4. The Morgan fingerprint density at radius 1 is 1.21 bits per heavy atom. The highest BCUT2D eigenvalue weighted by molar-refractivity contribution is 5.13. The van der Waals surface area contributed by atoms with Gasteiger partial charge in [0.25, 0.3) is 0 Å². The topological polar surface area (TPSA) is 15.3 Å². The molecule has 3 fully saturated rings. The Kier molecular flexibility index (Phi) is 3.46. The summed E-state index contributed by atoms with van der Waals surface area (Å²) in [7, 11) is 2.27. The fraction of sp³-hybridized carbons (Fsp3) is 1.00. The van der Waals surface area contributed by atoms with Gasteiger partial charge in [-0.05, 0) is 74.9 Å². The molecule has 110 valence electrons. The number of rotatable bonds is 3. The van der Waals surface area contributed by atoms with Gasteiger partial charge in [-0.25, -0.2) is 0 Å². The smallest absolute Gasteiger partial charge is 0.0129 e. The van der Waals surface area contributed by atoms with Crippen molar-refractivity contribution in [3.63, 3.8) is 0 Å². The standard InChI is InChI=1S/C17H32N2/c1-16(2)14-7-8-17(16,3)15(10-14)18-11-13-6-5-9-19(4)12-13/h13-15,18H,5-12H2,1-4H3. The molecule has 4 atom stereocenters. The minimum absolute atomic E-state index is 0.540. The zero-order valence-corrected chi connectivity index (χ0v) is 13.3. The van der Waals surface area contributed by atoms with E-state index in [-0.39, 0.29) is 0 Å². The summed E-state index contributed by atoms with van der Waals surface area (Å²) in [4.78, 5) is 2.50. The van der Waals surface area contributed by atoms with E-state index in [4.69, 9.17) is 0 Å². The lowest BCUT2D eigenvalue weighted by Crippen LogP contribution is -2.47. The third kappa shape index (κ3) is 2.15. The summed E-state index contributed by atoms with van der Waals surface area (Å²) in [5.41, 5.74) is 1.09. The van der Waals surface area contributed by atoms with Crippen LogP contribution in [0, 0.1) is 22.7 Å². The minimum atomic E-state index is 0.540. The van der Waals surface area contributed by atoms with Gasteiger partial charge in [-0.1, -0.05) is 20.8 Å². The lowest BCUT2D eigenvalue weighted by Gasteiger charge is -2.40. The SMILES string of the molecule is CN1CCCC(CNC2CC3CCC2(C)C3(C)C)C1. The Morgan fingerprint density at radius 3 is 2.58 bits per heavy atom. The quantitative estimate of drug-likeness (QED) is 0.842. The van der Waals surface area contributed by atoms with Gasteiger partial charge in [-0.3, -0.25) is 0 Å². The van der Waals surface area contributed by atoms with Crippen molar-refractivity contribution in [3.8, 4) is 0 Å². The van der Waals surface area contributed by atoms with Crippen molar-refractivity contribution in [2.24, 2.45) is 22.7 Å². The maximum absolute atomic E-state index is 3.97. The fourth-order valence-corrected chi connectivity index (χ4v) is 5.26. The molecule has 0 aromatic carbocycles. The van der Waals surface area contributed by atoms with Gasteiger partial charge in [0, 0.05) is 12.6 Å². The maximum atomic E-state index is 3.97. The molecule has 2 heteroatoms. The van der Waals surface area contributed by atoms with Gasteiger partial charge in [0.15, 0.2) is 0 Å². The van der Waals surface area contributed by atoms with Crippen LogP contribution in [0.2, 0.25) is 0 Å². The van der Waals surface area contributed by atoms with E-state index in [1.165, 1.54) is 51.7 Å². The monoisotopic (exact) mass is 264 g/mol. The van der Waals surface area contributed by atoms with Crippen LogP contribution in [0.25, 0.3) is 0 Å².